The molecule has 0 fully saturated rings. The highest BCUT2D eigenvalue weighted by Gasteiger charge is 2.17. The summed E-state index contributed by atoms with van der Waals surface area (Å²) < 4.78 is 42.0. The summed E-state index contributed by atoms with van der Waals surface area (Å²) in [6.07, 6.45) is 1.29. The maximum Gasteiger partial charge on any atom is 0.261 e. The predicted molar refractivity (Wildman–Crippen MR) is 81.1 cm³/mol. The molecule has 0 saturated heterocycles. The van der Waals surface area contributed by atoms with Gasteiger partial charge in [0.1, 0.15) is 12.1 Å². The van der Waals surface area contributed by atoms with Crippen LogP contribution in [0, 0.1) is 12.7 Å². The van der Waals surface area contributed by atoms with E-state index in [0.717, 1.165) is 11.6 Å². The van der Waals surface area contributed by atoms with Crippen LogP contribution in [0.25, 0.3) is 5.69 Å². The number of sulfonamides is 1. The lowest BCUT2D eigenvalue weighted by molar-refractivity contribution is 0.601. The first kappa shape index (κ1) is 15.1. The number of aryl methyl sites for hydroxylation is 1. The highest BCUT2D eigenvalue weighted by molar-refractivity contribution is 7.92. The molecule has 23 heavy (non-hydrogen) atoms. The fourth-order valence-electron chi connectivity index (χ4n) is 1.98. The molecule has 0 unspecified atom stereocenters. The van der Waals surface area contributed by atoms with E-state index in [1.165, 1.54) is 35.3 Å². The lowest BCUT2D eigenvalue weighted by Gasteiger charge is -2.12. The third kappa shape index (κ3) is 3.19. The Labute approximate surface area is 131 Å². The monoisotopic (exact) mass is 333 g/mol. The lowest BCUT2D eigenvalue weighted by atomic mass is 10.2. The van der Waals surface area contributed by atoms with Gasteiger partial charge in [0.15, 0.2) is 0 Å². The highest BCUT2D eigenvalue weighted by Crippen LogP contribution is 2.24. The topological polar surface area (TPSA) is 89.8 Å². The Kier molecular flexibility index (Phi) is 3.78. The Balaban J connectivity index is 2.02. The largest absolute Gasteiger partial charge is 0.277 e. The quantitative estimate of drug-likeness (QED) is 0.788. The summed E-state index contributed by atoms with van der Waals surface area (Å²) in [4.78, 5) is 0.0787. The molecule has 0 aliphatic rings. The number of nitrogens with one attached hydrogen (secondary N) is 1. The number of hydrogen-bond donors (Lipinski definition) is 1. The van der Waals surface area contributed by atoms with Gasteiger partial charge in [0, 0.05) is 6.07 Å². The van der Waals surface area contributed by atoms with Crippen LogP contribution in [0.4, 0.5) is 10.1 Å². The van der Waals surface area contributed by atoms with Crippen molar-refractivity contribution in [2.75, 3.05) is 4.72 Å². The molecule has 0 radical (unpaired) electrons. The number of benzene rings is 2. The SMILES string of the molecule is Cc1ccc(S(=O)(=O)Nc2cc(F)ccc2-n2cnnn2)cc1. The van der Waals surface area contributed by atoms with Crippen molar-refractivity contribution in [2.24, 2.45) is 0 Å². The van der Waals surface area contributed by atoms with Gasteiger partial charge in [-0.2, -0.15) is 4.68 Å². The molecule has 3 rings (SSSR count). The smallest absolute Gasteiger partial charge is 0.261 e. The minimum atomic E-state index is -3.86. The van der Waals surface area contributed by atoms with E-state index in [1.54, 1.807) is 12.1 Å². The molecule has 3 aromatic rings. The second kappa shape index (κ2) is 5.76. The van der Waals surface area contributed by atoms with E-state index < -0.39 is 15.8 Å². The van der Waals surface area contributed by atoms with Crippen molar-refractivity contribution in [3.63, 3.8) is 0 Å². The van der Waals surface area contributed by atoms with E-state index in [4.69, 9.17) is 0 Å². The Morgan fingerprint density at radius 2 is 1.87 bits per heavy atom. The van der Waals surface area contributed by atoms with Crippen LogP contribution in [0.3, 0.4) is 0 Å². The van der Waals surface area contributed by atoms with Gasteiger partial charge >= 0.3 is 0 Å². The van der Waals surface area contributed by atoms with Crippen LogP contribution in [0.5, 0.6) is 0 Å². The summed E-state index contributed by atoms with van der Waals surface area (Å²) in [5.41, 5.74) is 1.29. The summed E-state index contributed by atoms with van der Waals surface area (Å²) in [6, 6.07) is 9.98. The van der Waals surface area contributed by atoms with Crippen molar-refractivity contribution >= 4 is 15.7 Å². The summed E-state index contributed by atoms with van der Waals surface area (Å²) in [5, 5.41) is 10.7. The molecular formula is C14H12FN5O2S. The molecule has 0 bridgehead atoms. The standard InChI is InChI=1S/C14H12FN5O2S/c1-10-2-5-12(6-3-10)23(21,22)17-13-8-11(15)4-7-14(13)20-9-16-18-19-20/h2-9,17H,1H3. The molecule has 118 valence electrons. The van der Waals surface area contributed by atoms with E-state index in [-0.39, 0.29) is 10.6 Å². The Hall–Kier alpha value is -2.81. The van der Waals surface area contributed by atoms with Crippen LogP contribution in [-0.2, 0) is 10.0 Å². The number of tetrazole rings is 1. The first-order valence-electron chi connectivity index (χ1n) is 6.58. The van der Waals surface area contributed by atoms with Gasteiger partial charge < -0.3 is 0 Å². The molecule has 0 aliphatic carbocycles. The van der Waals surface area contributed by atoms with Crippen LogP contribution in [-0.4, -0.2) is 28.6 Å². The van der Waals surface area contributed by atoms with Gasteiger partial charge in [-0.1, -0.05) is 17.7 Å². The molecule has 0 saturated carbocycles. The number of rotatable bonds is 4. The number of halogens is 1. The van der Waals surface area contributed by atoms with Crippen LogP contribution in [0.15, 0.2) is 53.7 Å². The fourth-order valence-corrected chi connectivity index (χ4v) is 3.05. The molecular weight excluding hydrogens is 321 g/mol. The summed E-state index contributed by atoms with van der Waals surface area (Å²) in [6.45, 7) is 1.85. The van der Waals surface area contributed by atoms with E-state index >= 15 is 0 Å². The van der Waals surface area contributed by atoms with Crippen molar-refractivity contribution in [3.8, 4) is 5.69 Å². The Bertz CT molecular complexity index is 924. The van der Waals surface area contributed by atoms with Gasteiger partial charge in [0.25, 0.3) is 10.0 Å². The van der Waals surface area contributed by atoms with E-state index in [2.05, 4.69) is 20.2 Å². The van der Waals surface area contributed by atoms with E-state index in [1.807, 2.05) is 6.92 Å². The number of hydrogen-bond acceptors (Lipinski definition) is 5. The normalized spacial score (nSPS) is 11.4. The van der Waals surface area contributed by atoms with Gasteiger partial charge in [-0.3, -0.25) is 4.72 Å². The maximum atomic E-state index is 13.5. The second-order valence-corrected chi connectivity index (χ2v) is 6.52. The molecule has 0 aliphatic heterocycles. The third-order valence-electron chi connectivity index (χ3n) is 3.13. The first-order valence-corrected chi connectivity index (χ1v) is 8.06. The lowest BCUT2D eigenvalue weighted by Crippen LogP contribution is -2.15. The van der Waals surface area contributed by atoms with Gasteiger partial charge in [-0.15, -0.1) is 5.10 Å². The first-order chi connectivity index (χ1) is 11.0. The molecule has 2 aromatic carbocycles. The molecule has 1 N–H and O–H groups in total. The summed E-state index contributed by atoms with van der Waals surface area (Å²) in [7, 11) is -3.86. The summed E-state index contributed by atoms with van der Waals surface area (Å²) >= 11 is 0. The van der Waals surface area contributed by atoms with Crippen molar-refractivity contribution in [3.05, 3.63) is 60.2 Å². The van der Waals surface area contributed by atoms with Crippen molar-refractivity contribution in [2.45, 2.75) is 11.8 Å². The zero-order chi connectivity index (χ0) is 16.4. The number of anilines is 1. The summed E-state index contributed by atoms with van der Waals surface area (Å²) in [5.74, 6) is -0.580. The van der Waals surface area contributed by atoms with Crippen molar-refractivity contribution in [1.82, 2.24) is 20.2 Å². The number of nitrogens with zero attached hydrogens (tertiary/aromatic N) is 4. The average Bonchev–Trinajstić information content (AvgIpc) is 3.01. The molecule has 1 heterocycles. The van der Waals surface area contributed by atoms with Gasteiger partial charge in [-0.05, 0) is 41.6 Å². The average molecular weight is 333 g/mol. The molecule has 1 aromatic heterocycles. The Morgan fingerprint density at radius 3 is 2.52 bits per heavy atom. The minimum absolute atomic E-state index is 0.0397. The van der Waals surface area contributed by atoms with Crippen LogP contribution < -0.4 is 4.72 Å². The number of aromatic nitrogens is 4. The zero-order valence-electron chi connectivity index (χ0n) is 12.0. The molecule has 0 amide bonds. The maximum absolute atomic E-state index is 13.5. The zero-order valence-corrected chi connectivity index (χ0v) is 12.8. The van der Waals surface area contributed by atoms with E-state index in [0.29, 0.717) is 5.69 Å². The molecule has 0 spiro atoms. The third-order valence-corrected chi connectivity index (χ3v) is 4.51. The van der Waals surface area contributed by atoms with Gasteiger partial charge in [0.2, 0.25) is 0 Å². The second-order valence-electron chi connectivity index (χ2n) is 4.83. The molecule has 0 atom stereocenters. The van der Waals surface area contributed by atoms with E-state index in [9.17, 15) is 12.8 Å². The van der Waals surface area contributed by atoms with Gasteiger partial charge in [-0.25, -0.2) is 12.8 Å². The van der Waals surface area contributed by atoms with Crippen LogP contribution in [0.2, 0.25) is 0 Å². The van der Waals surface area contributed by atoms with Crippen molar-refractivity contribution in [1.29, 1.82) is 0 Å². The predicted octanol–water partition coefficient (Wildman–Crippen LogP) is 1.91. The molecule has 9 heteroatoms. The molecule has 7 nitrogen and oxygen atoms in total. The van der Waals surface area contributed by atoms with Gasteiger partial charge in [0.05, 0.1) is 16.3 Å². The van der Waals surface area contributed by atoms with Crippen LogP contribution in [0.1, 0.15) is 5.56 Å². The Morgan fingerprint density at radius 1 is 1.13 bits per heavy atom. The fraction of sp³-hybridized carbons (Fsp3) is 0.0714. The minimum Gasteiger partial charge on any atom is -0.277 e. The van der Waals surface area contributed by atoms with Crippen molar-refractivity contribution < 1.29 is 12.8 Å². The highest BCUT2D eigenvalue weighted by atomic mass is 32.2. The van der Waals surface area contributed by atoms with Crippen LogP contribution >= 0.6 is 0 Å².